The average Bonchev–Trinajstić information content (AvgIpc) is 3.04. The van der Waals surface area contributed by atoms with Gasteiger partial charge in [-0.25, -0.2) is 9.78 Å². The number of urea groups is 1. The molecule has 1 atom stereocenters. The van der Waals surface area contributed by atoms with E-state index < -0.39 is 11.9 Å². The monoisotopic (exact) mass is 450 g/mol. The van der Waals surface area contributed by atoms with Crippen molar-refractivity contribution in [3.63, 3.8) is 0 Å². The maximum Gasteiger partial charge on any atom is 0.321 e. The largest absolute Gasteiger partial charge is 0.338 e. The zero-order valence-corrected chi connectivity index (χ0v) is 19.7. The number of imide groups is 1. The number of aryl methyl sites for hydroxylation is 1. The molecule has 1 aliphatic carbocycles. The minimum Gasteiger partial charge on any atom is -0.338 e. The highest BCUT2D eigenvalue weighted by Crippen LogP contribution is 2.36. The molecule has 0 bridgehead atoms. The second-order valence-corrected chi connectivity index (χ2v) is 10.4. The Hall–Kier alpha value is -1.87. The molecule has 3 amide bonds. The summed E-state index contributed by atoms with van der Waals surface area (Å²) in [4.78, 5) is 44.1. The lowest BCUT2D eigenvalue weighted by atomic mass is 9.89. The number of carbonyl (C=O) groups excluding carboxylic acids is 2. The lowest BCUT2D eigenvalue weighted by molar-refractivity contribution is -0.117. The Balaban J connectivity index is 1.87. The number of nitrogens with one attached hydrogen (secondary N) is 2. The first-order chi connectivity index (χ1) is 14.3. The fourth-order valence-electron chi connectivity index (χ4n) is 3.62. The van der Waals surface area contributed by atoms with E-state index in [0.717, 1.165) is 35.9 Å². The van der Waals surface area contributed by atoms with Crippen molar-refractivity contribution in [3.8, 4) is 0 Å². The number of aromatic nitrogens is 2. The fourth-order valence-corrected chi connectivity index (χ4v) is 5.85. The van der Waals surface area contributed by atoms with Crippen LogP contribution < -0.4 is 16.2 Å². The highest BCUT2D eigenvalue weighted by molar-refractivity contribution is 7.99. The molecule has 0 aromatic carbocycles. The van der Waals surface area contributed by atoms with Gasteiger partial charge in [-0.05, 0) is 43.1 Å². The standard InChI is InChI=1S/C21H30N4O3S2/c1-5-8-22-20(28)23-16(26)11-29-21-24-18-17(19(27)25(21)10-12(2)3)14-7-6-13(4)9-15(14)30-18/h12-13H,5-11H2,1-4H3,(H2,22,23,26,28). The molecule has 0 saturated heterocycles. The van der Waals surface area contributed by atoms with Gasteiger partial charge in [-0.2, -0.15) is 0 Å². The molecule has 0 aliphatic heterocycles. The number of fused-ring (bicyclic) bond motifs is 3. The molecule has 164 valence electrons. The molecule has 2 aromatic rings. The van der Waals surface area contributed by atoms with Gasteiger partial charge in [0.05, 0.1) is 11.1 Å². The maximum atomic E-state index is 13.4. The highest BCUT2D eigenvalue weighted by atomic mass is 32.2. The number of carbonyl (C=O) groups is 2. The Morgan fingerprint density at radius 3 is 2.83 bits per heavy atom. The summed E-state index contributed by atoms with van der Waals surface area (Å²) < 4.78 is 1.70. The van der Waals surface area contributed by atoms with Crippen LogP contribution in [0.3, 0.4) is 0 Å². The van der Waals surface area contributed by atoms with Crippen molar-refractivity contribution in [2.45, 2.75) is 65.1 Å². The summed E-state index contributed by atoms with van der Waals surface area (Å²) in [5.41, 5.74) is 1.16. The molecule has 1 aliphatic rings. The van der Waals surface area contributed by atoms with Crippen molar-refractivity contribution < 1.29 is 9.59 Å². The number of hydrogen-bond acceptors (Lipinski definition) is 6. The van der Waals surface area contributed by atoms with Gasteiger partial charge in [-0.1, -0.05) is 39.5 Å². The predicted molar refractivity (Wildman–Crippen MR) is 122 cm³/mol. The van der Waals surface area contributed by atoms with E-state index in [2.05, 4.69) is 31.4 Å². The van der Waals surface area contributed by atoms with Gasteiger partial charge in [0.1, 0.15) is 4.83 Å². The van der Waals surface area contributed by atoms with Crippen LogP contribution in [-0.4, -0.2) is 33.8 Å². The summed E-state index contributed by atoms with van der Waals surface area (Å²) in [6, 6.07) is -0.495. The highest BCUT2D eigenvalue weighted by Gasteiger charge is 2.25. The maximum absolute atomic E-state index is 13.4. The van der Waals surface area contributed by atoms with Crippen LogP contribution in [-0.2, 0) is 24.2 Å². The van der Waals surface area contributed by atoms with Gasteiger partial charge in [0.25, 0.3) is 5.56 Å². The molecule has 7 nitrogen and oxygen atoms in total. The third-order valence-corrected chi connectivity index (χ3v) is 7.17. The lowest BCUT2D eigenvalue weighted by Gasteiger charge is -2.18. The van der Waals surface area contributed by atoms with Gasteiger partial charge in [0.2, 0.25) is 5.91 Å². The summed E-state index contributed by atoms with van der Waals surface area (Å²) in [6.45, 7) is 9.36. The van der Waals surface area contributed by atoms with E-state index in [-0.39, 0.29) is 17.2 Å². The van der Waals surface area contributed by atoms with E-state index in [1.54, 1.807) is 15.9 Å². The van der Waals surface area contributed by atoms with E-state index in [1.807, 2.05) is 6.92 Å². The van der Waals surface area contributed by atoms with Crippen molar-refractivity contribution in [2.24, 2.45) is 11.8 Å². The van der Waals surface area contributed by atoms with E-state index in [0.29, 0.717) is 24.2 Å². The molecule has 2 N–H and O–H groups in total. The topological polar surface area (TPSA) is 93.1 Å². The molecule has 2 aromatic heterocycles. The second-order valence-electron chi connectivity index (χ2n) is 8.33. The van der Waals surface area contributed by atoms with Crippen LogP contribution in [0, 0.1) is 11.8 Å². The number of rotatable bonds is 7. The first-order valence-electron chi connectivity index (χ1n) is 10.6. The number of nitrogens with zero attached hydrogens (tertiary/aromatic N) is 2. The van der Waals surface area contributed by atoms with Crippen molar-refractivity contribution in [1.82, 2.24) is 20.2 Å². The molecule has 9 heteroatoms. The third kappa shape index (κ3) is 5.24. The van der Waals surface area contributed by atoms with Gasteiger partial charge in [0, 0.05) is 18.0 Å². The molecule has 2 heterocycles. The van der Waals surface area contributed by atoms with Crippen LogP contribution in [0.2, 0.25) is 0 Å². The Morgan fingerprint density at radius 1 is 1.37 bits per heavy atom. The van der Waals surface area contributed by atoms with Crippen molar-refractivity contribution in [3.05, 3.63) is 20.8 Å². The molecule has 0 radical (unpaired) electrons. The van der Waals surface area contributed by atoms with Crippen LogP contribution >= 0.6 is 23.1 Å². The summed E-state index contributed by atoms with van der Waals surface area (Å²) in [7, 11) is 0. The summed E-state index contributed by atoms with van der Waals surface area (Å²) in [6.07, 6.45) is 3.82. The van der Waals surface area contributed by atoms with Gasteiger partial charge >= 0.3 is 6.03 Å². The van der Waals surface area contributed by atoms with Crippen molar-refractivity contribution >= 4 is 45.3 Å². The average molecular weight is 451 g/mol. The molecule has 1 unspecified atom stereocenters. The minimum atomic E-state index is -0.495. The molecular weight excluding hydrogens is 420 g/mol. The predicted octanol–water partition coefficient (Wildman–Crippen LogP) is 3.57. The zero-order chi connectivity index (χ0) is 21.8. The number of hydrogen-bond donors (Lipinski definition) is 2. The van der Waals surface area contributed by atoms with Crippen LogP contribution in [0.1, 0.15) is 51.0 Å². The molecule has 0 fully saturated rings. The van der Waals surface area contributed by atoms with E-state index in [9.17, 15) is 14.4 Å². The molecule has 0 spiro atoms. The number of thioether (sulfide) groups is 1. The van der Waals surface area contributed by atoms with Crippen molar-refractivity contribution in [2.75, 3.05) is 12.3 Å². The van der Waals surface area contributed by atoms with Gasteiger partial charge in [-0.3, -0.25) is 19.5 Å². The smallest absolute Gasteiger partial charge is 0.321 e. The van der Waals surface area contributed by atoms with Crippen LogP contribution in [0.5, 0.6) is 0 Å². The fraction of sp³-hybridized carbons (Fsp3) is 0.619. The SMILES string of the molecule is CCCNC(=O)NC(=O)CSc1nc2sc3c(c2c(=O)n1CC(C)C)CCC(C)C3. The van der Waals surface area contributed by atoms with Gasteiger partial charge in [-0.15, -0.1) is 11.3 Å². The lowest BCUT2D eigenvalue weighted by Crippen LogP contribution is -2.40. The van der Waals surface area contributed by atoms with E-state index >= 15 is 0 Å². The minimum absolute atomic E-state index is 0.00986. The zero-order valence-electron chi connectivity index (χ0n) is 18.0. The second kappa shape index (κ2) is 9.96. The Kier molecular flexibility index (Phi) is 7.57. The number of amides is 3. The normalized spacial score (nSPS) is 16.0. The quantitative estimate of drug-likeness (QED) is 0.497. The van der Waals surface area contributed by atoms with Crippen LogP contribution in [0.15, 0.2) is 9.95 Å². The number of thiophene rings is 1. The van der Waals surface area contributed by atoms with Crippen LogP contribution in [0.4, 0.5) is 4.79 Å². The third-order valence-electron chi connectivity index (χ3n) is 5.05. The molecule has 30 heavy (non-hydrogen) atoms. The first kappa shape index (κ1) is 22.8. The van der Waals surface area contributed by atoms with E-state index in [4.69, 9.17) is 4.98 Å². The van der Waals surface area contributed by atoms with Gasteiger partial charge in [0.15, 0.2) is 5.16 Å². The van der Waals surface area contributed by atoms with E-state index in [1.165, 1.54) is 22.2 Å². The molecule has 3 rings (SSSR count). The Bertz CT molecular complexity index is 996. The van der Waals surface area contributed by atoms with Gasteiger partial charge < -0.3 is 5.32 Å². The first-order valence-corrected chi connectivity index (χ1v) is 12.4. The summed E-state index contributed by atoms with van der Waals surface area (Å²) >= 11 is 2.82. The molecular formula is C21H30N4O3S2. The Morgan fingerprint density at radius 2 is 2.13 bits per heavy atom. The molecule has 0 saturated carbocycles. The van der Waals surface area contributed by atoms with Crippen LogP contribution in [0.25, 0.3) is 10.2 Å². The summed E-state index contributed by atoms with van der Waals surface area (Å²) in [5, 5.41) is 6.23. The summed E-state index contributed by atoms with van der Waals surface area (Å²) in [5.74, 6) is 0.514. The Labute approximate surface area is 185 Å². The van der Waals surface area contributed by atoms with Crippen molar-refractivity contribution in [1.29, 1.82) is 0 Å².